The third kappa shape index (κ3) is 4.15. The van der Waals surface area contributed by atoms with Crippen molar-refractivity contribution >= 4 is 11.9 Å². The molecule has 1 saturated heterocycles. The van der Waals surface area contributed by atoms with Crippen LogP contribution < -0.4 is 9.47 Å². The second-order valence-electron chi connectivity index (χ2n) is 5.53. The van der Waals surface area contributed by atoms with Gasteiger partial charge >= 0.3 is 5.97 Å². The van der Waals surface area contributed by atoms with E-state index in [0.717, 1.165) is 0 Å². The number of carbonyl (C=O) groups is 2. The molecule has 1 unspecified atom stereocenters. The number of hydrogen-bond donors (Lipinski definition) is 0. The van der Waals surface area contributed by atoms with Crippen molar-refractivity contribution in [3.05, 3.63) is 24.3 Å². The lowest BCUT2D eigenvalue weighted by Crippen LogP contribution is -2.45. The van der Waals surface area contributed by atoms with Crippen molar-refractivity contribution in [2.75, 3.05) is 27.3 Å². The molecule has 0 bridgehead atoms. The number of para-hydroxylation sites is 2. The number of likely N-dealkylation sites (tertiary alicyclic amines) is 1. The highest BCUT2D eigenvalue weighted by Gasteiger charge is 2.30. The summed E-state index contributed by atoms with van der Waals surface area (Å²) in [5, 5.41) is 0. The molecule has 6 nitrogen and oxygen atoms in total. The van der Waals surface area contributed by atoms with Gasteiger partial charge in [0, 0.05) is 13.1 Å². The van der Waals surface area contributed by atoms with Crippen molar-refractivity contribution in [1.29, 1.82) is 0 Å². The van der Waals surface area contributed by atoms with Gasteiger partial charge in [0.2, 0.25) is 0 Å². The Morgan fingerprint density at radius 1 is 1.13 bits per heavy atom. The molecule has 1 fully saturated rings. The summed E-state index contributed by atoms with van der Waals surface area (Å²) in [6, 6.07) is 7.23. The number of methoxy groups -OCH3 is 2. The van der Waals surface area contributed by atoms with E-state index in [0.29, 0.717) is 37.4 Å². The van der Waals surface area contributed by atoms with Crippen LogP contribution in [0.4, 0.5) is 0 Å². The Morgan fingerprint density at radius 2 is 1.74 bits per heavy atom. The topological polar surface area (TPSA) is 65.1 Å². The van der Waals surface area contributed by atoms with Gasteiger partial charge < -0.3 is 19.1 Å². The number of amides is 1. The molecule has 23 heavy (non-hydrogen) atoms. The Hall–Kier alpha value is -2.24. The average Bonchev–Trinajstić information content (AvgIpc) is 2.61. The number of piperidine rings is 1. The van der Waals surface area contributed by atoms with Gasteiger partial charge in [-0.05, 0) is 31.9 Å². The van der Waals surface area contributed by atoms with Gasteiger partial charge in [-0.3, -0.25) is 9.59 Å². The number of benzene rings is 1. The summed E-state index contributed by atoms with van der Waals surface area (Å²) in [6.45, 7) is 2.80. The van der Waals surface area contributed by atoms with Crippen molar-refractivity contribution in [2.45, 2.75) is 25.9 Å². The standard InChI is InChI=1S/C17H23NO5/c1-12(23-15-7-5-4-6-14(15)21-2)16(19)18-10-8-13(9-11-18)17(20)22-3/h4-7,12-13H,8-11H2,1-3H3. The number of ether oxygens (including phenoxy) is 3. The van der Waals surface area contributed by atoms with E-state index in [9.17, 15) is 9.59 Å². The second-order valence-corrected chi connectivity index (χ2v) is 5.53. The third-order valence-electron chi connectivity index (χ3n) is 4.06. The molecule has 2 rings (SSSR count). The maximum atomic E-state index is 12.5. The molecule has 126 valence electrons. The summed E-state index contributed by atoms with van der Waals surface area (Å²) in [5.41, 5.74) is 0. The van der Waals surface area contributed by atoms with Crippen LogP contribution in [0.5, 0.6) is 11.5 Å². The van der Waals surface area contributed by atoms with Crippen LogP contribution in [0.3, 0.4) is 0 Å². The highest BCUT2D eigenvalue weighted by Crippen LogP contribution is 2.27. The van der Waals surface area contributed by atoms with Crippen LogP contribution in [-0.2, 0) is 14.3 Å². The summed E-state index contributed by atoms with van der Waals surface area (Å²) < 4.78 is 15.7. The molecule has 1 heterocycles. The number of nitrogens with zero attached hydrogens (tertiary/aromatic N) is 1. The lowest BCUT2D eigenvalue weighted by molar-refractivity contribution is -0.150. The van der Waals surface area contributed by atoms with Crippen LogP contribution in [0.15, 0.2) is 24.3 Å². The Morgan fingerprint density at radius 3 is 2.30 bits per heavy atom. The molecule has 0 aliphatic carbocycles. The van der Waals surface area contributed by atoms with Crippen LogP contribution in [0.1, 0.15) is 19.8 Å². The predicted octanol–water partition coefficient (Wildman–Crippen LogP) is 1.87. The van der Waals surface area contributed by atoms with Crippen molar-refractivity contribution in [3.63, 3.8) is 0 Å². The van der Waals surface area contributed by atoms with E-state index in [1.165, 1.54) is 7.11 Å². The Labute approximate surface area is 136 Å². The fourth-order valence-corrected chi connectivity index (χ4v) is 2.72. The van der Waals surface area contributed by atoms with Gasteiger partial charge in [-0.1, -0.05) is 12.1 Å². The first kappa shape index (κ1) is 17.1. The molecule has 1 aliphatic rings. The summed E-state index contributed by atoms with van der Waals surface area (Å²) >= 11 is 0. The molecule has 0 N–H and O–H groups in total. The summed E-state index contributed by atoms with van der Waals surface area (Å²) in [4.78, 5) is 25.8. The van der Waals surface area contributed by atoms with Crippen LogP contribution in [-0.4, -0.2) is 50.2 Å². The molecular formula is C17H23NO5. The molecule has 1 amide bonds. The van der Waals surface area contributed by atoms with E-state index in [4.69, 9.17) is 14.2 Å². The SMILES string of the molecule is COC(=O)C1CCN(C(=O)C(C)Oc2ccccc2OC)CC1. The van der Waals surface area contributed by atoms with E-state index in [1.54, 1.807) is 31.1 Å². The first-order valence-corrected chi connectivity index (χ1v) is 7.73. The second kappa shape index (κ2) is 7.85. The smallest absolute Gasteiger partial charge is 0.308 e. The maximum Gasteiger partial charge on any atom is 0.308 e. The number of rotatable bonds is 5. The first-order chi connectivity index (χ1) is 11.1. The zero-order valence-electron chi connectivity index (χ0n) is 13.8. The minimum Gasteiger partial charge on any atom is -0.493 e. The average molecular weight is 321 g/mol. The van der Waals surface area contributed by atoms with Crippen molar-refractivity contribution < 1.29 is 23.8 Å². The minimum absolute atomic E-state index is 0.0841. The third-order valence-corrected chi connectivity index (χ3v) is 4.06. The number of esters is 1. The van der Waals surface area contributed by atoms with Gasteiger partial charge in [0.15, 0.2) is 17.6 Å². The lowest BCUT2D eigenvalue weighted by Gasteiger charge is -2.32. The number of hydrogen-bond acceptors (Lipinski definition) is 5. The van der Waals surface area contributed by atoms with Crippen molar-refractivity contribution in [2.24, 2.45) is 5.92 Å². The Balaban J connectivity index is 1.92. The molecular weight excluding hydrogens is 298 g/mol. The monoisotopic (exact) mass is 321 g/mol. The first-order valence-electron chi connectivity index (χ1n) is 7.73. The Kier molecular flexibility index (Phi) is 5.84. The molecule has 1 aromatic carbocycles. The summed E-state index contributed by atoms with van der Waals surface area (Å²) in [5.74, 6) is 0.737. The van der Waals surface area contributed by atoms with E-state index >= 15 is 0 Å². The van der Waals surface area contributed by atoms with Crippen LogP contribution in [0.25, 0.3) is 0 Å². The van der Waals surface area contributed by atoms with Gasteiger partial charge in [-0.2, -0.15) is 0 Å². The van der Waals surface area contributed by atoms with E-state index in [-0.39, 0.29) is 17.8 Å². The maximum absolute atomic E-state index is 12.5. The van der Waals surface area contributed by atoms with E-state index in [1.807, 2.05) is 12.1 Å². The Bertz CT molecular complexity index is 552. The van der Waals surface area contributed by atoms with E-state index in [2.05, 4.69) is 0 Å². The zero-order chi connectivity index (χ0) is 16.8. The molecule has 1 aliphatic heterocycles. The van der Waals surface area contributed by atoms with Crippen LogP contribution in [0.2, 0.25) is 0 Å². The van der Waals surface area contributed by atoms with Crippen molar-refractivity contribution in [3.8, 4) is 11.5 Å². The van der Waals surface area contributed by atoms with Crippen LogP contribution in [0, 0.1) is 5.92 Å². The van der Waals surface area contributed by atoms with Gasteiger partial charge in [-0.15, -0.1) is 0 Å². The molecule has 6 heteroatoms. The normalized spacial score (nSPS) is 16.6. The van der Waals surface area contributed by atoms with E-state index < -0.39 is 6.10 Å². The van der Waals surface area contributed by atoms with Gasteiger partial charge in [0.25, 0.3) is 5.91 Å². The van der Waals surface area contributed by atoms with Gasteiger partial charge in [0.1, 0.15) is 0 Å². The molecule has 0 aromatic heterocycles. The zero-order valence-corrected chi connectivity index (χ0v) is 13.8. The lowest BCUT2D eigenvalue weighted by atomic mass is 9.97. The van der Waals surface area contributed by atoms with Crippen molar-refractivity contribution in [1.82, 2.24) is 4.90 Å². The number of carbonyl (C=O) groups excluding carboxylic acids is 2. The summed E-state index contributed by atoms with van der Waals surface area (Å²) in [6.07, 6.45) is 0.639. The van der Waals surface area contributed by atoms with Crippen LogP contribution >= 0.6 is 0 Å². The molecule has 0 saturated carbocycles. The highest BCUT2D eigenvalue weighted by molar-refractivity contribution is 5.81. The van der Waals surface area contributed by atoms with Gasteiger partial charge in [0.05, 0.1) is 20.1 Å². The molecule has 1 aromatic rings. The van der Waals surface area contributed by atoms with Gasteiger partial charge in [-0.25, -0.2) is 0 Å². The highest BCUT2D eigenvalue weighted by atomic mass is 16.5. The minimum atomic E-state index is -0.610. The summed E-state index contributed by atoms with van der Waals surface area (Å²) in [7, 11) is 2.95. The molecule has 0 radical (unpaired) electrons. The fraction of sp³-hybridized carbons (Fsp3) is 0.529. The predicted molar refractivity (Wildman–Crippen MR) is 84.4 cm³/mol. The molecule has 1 atom stereocenters. The quantitative estimate of drug-likeness (QED) is 0.775. The fourth-order valence-electron chi connectivity index (χ4n) is 2.72. The molecule has 0 spiro atoms. The largest absolute Gasteiger partial charge is 0.493 e.